The third kappa shape index (κ3) is 5.62. The average molecular weight is 355 g/mol. The Hall–Kier alpha value is -3.35. The number of hydrogen-bond acceptors (Lipinski definition) is 6. The van der Waals surface area contributed by atoms with E-state index >= 15 is 0 Å². The Bertz CT molecular complexity index is 797. The Morgan fingerprint density at radius 3 is 2.42 bits per heavy atom. The quantitative estimate of drug-likeness (QED) is 0.562. The molecule has 7 nitrogen and oxygen atoms in total. The van der Waals surface area contributed by atoms with Crippen molar-refractivity contribution in [2.24, 2.45) is 5.10 Å². The summed E-state index contributed by atoms with van der Waals surface area (Å²) in [5, 5.41) is 14.3. The molecule has 2 aromatic carbocycles. The standard InChI is InChI=1S/C19H20N2O5/c1-13-6-5-7-14(2)19(13)26-11-17(22)21-20-10-15-8-3-4-9-16(15)25-12-18(23)24/h3-10H,11-12H2,1-2H3,(H,21,22)(H,23,24)/p-1/b20-10-. The molecule has 136 valence electrons. The molecule has 0 spiro atoms. The molecule has 7 heteroatoms. The Kier molecular flexibility index (Phi) is 6.73. The summed E-state index contributed by atoms with van der Waals surface area (Å²) in [6, 6.07) is 12.4. The molecule has 0 heterocycles. The summed E-state index contributed by atoms with van der Waals surface area (Å²) < 4.78 is 10.6. The van der Waals surface area contributed by atoms with Crippen molar-refractivity contribution in [3.05, 3.63) is 59.2 Å². The van der Waals surface area contributed by atoms with Crippen molar-refractivity contribution >= 4 is 18.1 Å². The molecule has 0 atom stereocenters. The summed E-state index contributed by atoms with van der Waals surface area (Å²) in [5.74, 6) is -0.750. The Labute approximate surface area is 151 Å². The van der Waals surface area contributed by atoms with E-state index in [0.29, 0.717) is 17.1 Å². The van der Waals surface area contributed by atoms with Crippen LogP contribution < -0.4 is 20.0 Å². The van der Waals surface area contributed by atoms with Gasteiger partial charge in [-0.25, -0.2) is 5.43 Å². The number of benzene rings is 2. The number of carboxylic acid groups (broad SMARTS) is 1. The summed E-state index contributed by atoms with van der Waals surface area (Å²) in [4.78, 5) is 22.3. The molecule has 0 radical (unpaired) electrons. The predicted octanol–water partition coefficient (Wildman–Crippen LogP) is 0.961. The number of carboxylic acids is 1. The molecule has 2 rings (SSSR count). The van der Waals surface area contributed by atoms with Crippen LogP contribution in [0, 0.1) is 13.8 Å². The fourth-order valence-corrected chi connectivity index (χ4v) is 2.23. The van der Waals surface area contributed by atoms with E-state index in [9.17, 15) is 14.7 Å². The first-order valence-corrected chi connectivity index (χ1v) is 7.90. The first-order valence-electron chi connectivity index (χ1n) is 7.90. The number of carbonyl (C=O) groups is 2. The van der Waals surface area contributed by atoms with Crippen LogP contribution in [0.4, 0.5) is 0 Å². The van der Waals surface area contributed by atoms with Crippen LogP contribution in [0.3, 0.4) is 0 Å². The van der Waals surface area contributed by atoms with E-state index in [-0.39, 0.29) is 6.61 Å². The van der Waals surface area contributed by atoms with E-state index in [4.69, 9.17) is 9.47 Å². The molecule has 0 aliphatic heterocycles. The van der Waals surface area contributed by atoms with Crippen LogP contribution in [0.15, 0.2) is 47.6 Å². The van der Waals surface area contributed by atoms with Crippen molar-refractivity contribution < 1.29 is 24.2 Å². The third-order valence-electron chi connectivity index (χ3n) is 3.41. The lowest BCUT2D eigenvalue weighted by molar-refractivity contribution is -0.307. The van der Waals surface area contributed by atoms with Gasteiger partial charge in [0.2, 0.25) is 0 Å². The van der Waals surface area contributed by atoms with E-state index in [2.05, 4.69) is 10.5 Å². The molecule has 2 aromatic rings. The second kappa shape index (κ2) is 9.22. The second-order valence-electron chi connectivity index (χ2n) is 5.50. The number of amides is 1. The van der Waals surface area contributed by atoms with E-state index in [1.54, 1.807) is 24.3 Å². The normalized spacial score (nSPS) is 10.5. The van der Waals surface area contributed by atoms with Crippen LogP contribution in [-0.2, 0) is 9.59 Å². The molecular weight excluding hydrogens is 336 g/mol. The minimum atomic E-state index is -1.33. The number of aliphatic carboxylic acids is 1. The zero-order valence-corrected chi connectivity index (χ0v) is 14.5. The Balaban J connectivity index is 1.90. The van der Waals surface area contributed by atoms with Crippen LogP contribution >= 0.6 is 0 Å². The highest BCUT2D eigenvalue weighted by molar-refractivity contribution is 5.85. The van der Waals surface area contributed by atoms with Crippen molar-refractivity contribution in [2.45, 2.75) is 13.8 Å². The third-order valence-corrected chi connectivity index (χ3v) is 3.41. The lowest BCUT2D eigenvalue weighted by atomic mass is 10.1. The monoisotopic (exact) mass is 355 g/mol. The van der Waals surface area contributed by atoms with Gasteiger partial charge in [0.25, 0.3) is 5.91 Å². The van der Waals surface area contributed by atoms with Gasteiger partial charge in [-0.3, -0.25) is 4.79 Å². The largest absolute Gasteiger partial charge is 0.546 e. The molecule has 1 amide bonds. The zero-order chi connectivity index (χ0) is 18.9. The lowest BCUT2D eigenvalue weighted by Gasteiger charge is -2.11. The van der Waals surface area contributed by atoms with Crippen LogP contribution in [-0.4, -0.2) is 31.3 Å². The molecule has 0 unspecified atom stereocenters. The second-order valence-corrected chi connectivity index (χ2v) is 5.50. The maximum atomic E-state index is 11.9. The van der Waals surface area contributed by atoms with Crippen LogP contribution in [0.1, 0.15) is 16.7 Å². The van der Waals surface area contributed by atoms with Crippen molar-refractivity contribution in [2.75, 3.05) is 13.2 Å². The van der Waals surface area contributed by atoms with Crippen LogP contribution in [0.5, 0.6) is 11.5 Å². The van der Waals surface area contributed by atoms with Gasteiger partial charge in [0.05, 0.1) is 12.2 Å². The smallest absolute Gasteiger partial charge is 0.277 e. The molecule has 1 N–H and O–H groups in total. The number of nitrogens with one attached hydrogen (secondary N) is 1. The van der Waals surface area contributed by atoms with E-state index in [1.807, 2.05) is 32.0 Å². The minimum absolute atomic E-state index is 0.175. The van der Waals surface area contributed by atoms with Gasteiger partial charge in [-0.1, -0.05) is 30.3 Å². The maximum absolute atomic E-state index is 11.9. The Morgan fingerprint density at radius 1 is 1.04 bits per heavy atom. The van der Waals surface area contributed by atoms with Gasteiger partial charge in [-0.2, -0.15) is 5.10 Å². The van der Waals surface area contributed by atoms with Gasteiger partial charge in [0, 0.05) is 5.56 Å². The number of ether oxygens (including phenoxy) is 2. The van der Waals surface area contributed by atoms with E-state index < -0.39 is 18.5 Å². The average Bonchev–Trinajstić information content (AvgIpc) is 2.60. The molecule has 0 aromatic heterocycles. The zero-order valence-electron chi connectivity index (χ0n) is 14.5. The topological polar surface area (TPSA) is 100 Å². The van der Waals surface area contributed by atoms with Crippen molar-refractivity contribution in [3.63, 3.8) is 0 Å². The highest BCUT2D eigenvalue weighted by atomic mass is 16.5. The molecular formula is C19H19N2O5-. The van der Waals surface area contributed by atoms with E-state index in [0.717, 1.165) is 11.1 Å². The number of rotatable bonds is 8. The molecule has 0 fully saturated rings. The fraction of sp³-hybridized carbons (Fsp3) is 0.211. The van der Waals surface area contributed by atoms with Crippen molar-refractivity contribution in [1.82, 2.24) is 5.43 Å². The van der Waals surface area contributed by atoms with Gasteiger partial charge >= 0.3 is 0 Å². The van der Waals surface area contributed by atoms with Crippen LogP contribution in [0.2, 0.25) is 0 Å². The maximum Gasteiger partial charge on any atom is 0.277 e. The van der Waals surface area contributed by atoms with Gasteiger partial charge in [0.1, 0.15) is 18.1 Å². The van der Waals surface area contributed by atoms with Crippen molar-refractivity contribution in [1.29, 1.82) is 0 Å². The summed E-state index contributed by atoms with van der Waals surface area (Å²) in [5.41, 5.74) is 4.76. The first-order chi connectivity index (χ1) is 12.5. The highest BCUT2D eigenvalue weighted by Gasteiger charge is 2.07. The van der Waals surface area contributed by atoms with Gasteiger partial charge in [0.15, 0.2) is 6.61 Å². The molecule has 0 saturated heterocycles. The number of hydrogen-bond donors (Lipinski definition) is 1. The fourth-order valence-electron chi connectivity index (χ4n) is 2.23. The summed E-state index contributed by atoms with van der Waals surface area (Å²) in [6.07, 6.45) is 1.36. The number of carbonyl (C=O) groups excluding carboxylic acids is 2. The predicted molar refractivity (Wildman–Crippen MR) is 94.1 cm³/mol. The molecule has 0 bridgehead atoms. The van der Waals surface area contributed by atoms with Crippen molar-refractivity contribution in [3.8, 4) is 11.5 Å². The number of aryl methyl sites for hydroxylation is 2. The summed E-state index contributed by atoms with van der Waals surface area (Å²) in [7, 11) is 0. The van der Waals surface area contributed by atoms with Gasteiger partial charge in [-0.15, -0.1) is 0 Å². The summed E-state index contributed by atoms with van der Waals surface area (Å²) in [6.45, 7) is 3.07. The number of nitrogens with zero attached hydrogens (tertiary/aromatic N) is 1. The SMILES string of the molecule is Cc1cccc(C)c1OCC(=O)N/N=C\c1ccccc1OCC(=O)[O-]. The van der Waals surface area contributed by atoms with E-state index in [1.165, 1.54) is 6.21 Å². The lowest BCUT2D eigenvalue weighted by Crippen LogP contribution is -2.29. The number of para-hydroxylation sites is 2. The number of hydrazone groups is 1. The van der Waals surface area contributed by atoms with Crippen LogP contribution in [0.25, 0.3) is 0 Å². The molecule has 0 saturated carbocycles. The first kappa shape index (κ1) is 19.0. The van der Waals surface area contributed by atoms with Gasteiger partial charge in [-0.05, 0) is 37.1 Å². The van der Waals surface area contributed by atoms with Gasteiger partial charge < -0.3 is 19.4 Å². The molecule has 0 aliphatic rings. The molecule has 0 aliphatic carbocycles. The highest BCUT2D eigenvalue weighted by Crippen LogP contribution is 2.22. The molecule has 26 heavy (non-hydrogen) atoms. The minimum Gasteiger partial charge on any atom is -0.546 e. The summed E-state index contributed by atoms with van der Waals surface area (Å²) >= 11 is 0. The Morgan fingerprint density at radius 2 is 1.73 bits per heavy atom.